The summed E-state index contributed by atoms with van der Waals surface area (Å²) in [5, 5.41) is 6.18. The standard InChI is InChI=1S/C24H20N4O4S/c1-32-18-9-7-17(8-10-18)20(29)15-27-24(31)28-19-12-14-33-21(19)22(30)26(23(28)25-27)13-11-16-5-3-2-4-6-16/h2-10,12,14H,11,13,15H2,1H3. The van der Waals surface area contributed by atoms with E-state index in [0.717, 1.165) is 10.2 Å². The summed E-state index contributed by atoms with van der Waals surface area (Å²) in [6.45, 7) is 0.133. The van der Waals surface area contributed by atoms with Crippen molar-refractivity contribution in [2.45, 2.75) is 19.5 Å². The van der Waals surface area contributed by atoms with Crippen LogP contribution in [-0.2, 0) is 19.5 Å². The van der Waals surface area contributed by atoms with Crippen molar-refractivity contribution >= 4 is 33.1 Å². The zero-order valence-electron chi connectivity index (χ0n) is 17.8. The van der Waals surface area contributed by atoms with Gasteiger partial charge in [0.1, 0.15) is 17.0 Å². The van der Waals surface area contributed by atoms with Crippen LogP contribution in [0.25, 0.3) is 16.0 Å². The van der Waals surface area contributed by atoms with Gasteiger partial charge in [0.05, 0.1) is 12.6 Å². The third-order valence-electron chi connectivity index (χ3n) is 5.56. The number of methoxy groups -OCH3 is 1. The molecule has 9 heteroatoms. The molecule has 0 aliphatic heterocycles. The van der Waals surface area contributed by atoms with Gasteiger partial charge in [-0.25, -0.2) is 13.9 Å². The van der Waals surface area contributed by atoms with Crippen LogP contribution in [0, 0.1) is 0 Å². The molecule has 0 unspecified atom stereocenters. The number of carbonyl (C=O) groups is 1. The molecule has 0 bridgehead atoms. The van der Waals surface area contributed by atoms with Gasteiger partial charge < -0.3 is 4.74 Å². The van der Waals surface area contributed by atoms with Crippen molar-refractivity contribution in [3.05, 3.63) is 98.0 Å². The van der Waals surface area contributed by atoms with Crippen LogP contribution < -0.4 is 16.0 Å². The zero-order valence-corrected chi connectivity index (χ0v) is 18.6. The number of nitrogens with zero attached hydrogens (tertiary/aromatic N) is 4. The average molecular weight is 461 g/mol. The SMILES string of the molecule is COc1ccc(C(=O)Cn2nc3n(CCc4ccccc4)c(=O)c4sccc4n3c2=O)cc1. The third-order valence-corrected chi connectivity index (χ3v) is 6.45. The number of thiophene rings is 1. The summed E-state index contributed by atoms with van der Waals surface area (Å²) in [7, 11) is 1.55. The molecule has 0 radical (unpaired) electrons. The predicted molar refractivity (Wildman–Crippen MR) is 127 cm³/mol. The topological polar surface area (TPSA) is 87.6 Å². The quantitative estimate of drug-likeness (QED) is 0.349. The first kappa shape index (κ1) is 20.9. The molecule has 0 atom stereocenters. The highest BCUT2D eigenvalue weighted by molar-refractivity contribution is 7.17. The Morgan fingerprint density at radius 2 is 1.79 bits per heavy atom. The smallest absolute Gasteiger partial charge is 0.352 e. The minimum absolute atomic E-state index is 0.193. The van der Waals surface area contributed by atoms with Crippen molar-refractivity contribution in [2.24, 2.45) is 0 Å². The van der Waals surface area contributed by atoms with Gasteiger partial charge in [0, 0.05) is 12.1 Å². The van der Waals surface area contributed by atoms with Crippen molar-refractivity contribution in [1.82, 2.24) is 18.7 Å². The Balaban J connectivity index is 1.57. The second kappa shape index (κ2) is 8.51. The fraction of sp³-hybridized carbons (Fsp3) is 0.167. The molecule has 0 amide bonds. The van der Waals surface area contributed by atoms with Gasteiger partial charge in [-0.2, -0.15) is 0 Å². The maximum Gasteiger partial charge on any atom is 0.352 e. The molecule has 5 aromatic rings. The molecule has 166 valence electrons. The van der Waals surface area contributed by atoms with E-state index in [1.54, 1.807) is 42.8 Å². The molecule has 0 aliphatic rings. The highest BCUT2D eigenvalue weighted by Gasteiger charge is 2.20. The van der Waals surface area contributed by atoms with Crippen LogP contribution in [-0.4, -0.2) is 31.6 Å². The fourth-order valence-corrected chi connectivity index (χ4v) is 4.65. The Morgan fingerprint density at radius 1 is 1.03 bits per heavy atom. The van der Waals surface area contributed by atoms with Crippen LogP contribution in [0.15, 0.2) is 75.6 Å². The average Bonchev–Trinajstić information content (AvgIpc) is 3.45. The Labute approximate surface area is 191 Å². The summed E-state index contributed by atoms with van der Waals surface area (Å²) < 4.78 is 9.66. The van der Waals surface area contributed by atoms with Crippen LogP contribution in [0.5, 0.6) is 5.75 Å². The number of hydrogen-bond acceptors (Lipinski definition) is 6. The van der Waals surface area contributed by atoms with Crippen LogP contribution in [0.3, 0.4) is 0 Å². The van der Waals surface area contributed by atoms with Gasteiger partial charge >= 0.3 is 5.69 Å². The number of hydrogen-bond donors (Lipinski definition) is 0. The number of aromatic nitrogens is 4. The van der Waals surface area contributed by atoms with E-state index in [2.05, 4.69) is 5.10 Å². The molecule has 3 aromatic heterocycles. The van der Waals surface area contributed by atoms with E-state index in [1.807, 2.05) is 30.3 Å². The highest BCUT2D eigenvalue weighted by Crippen LogP contribution is 2.18. The lowest BCUT2D eigenvalue weighted by atomic mass is 10.1. The number of benzene rings is 2. The molecule has 0 saturated carbocycles. The van der Waals surface area contributed by atoms with Gasteiger partial charge in [-0.15, -0.1) is 16.4 Å². The summed E-state index contributed by atoms with van der Waals surface area (Å²) in [6, 6.07) is 18.2. The maximum absolute atomic E-state index is 13.2. The lowest BCUT2D eigenvalue weighted by Gasteiger charge is -2.08. The molecule has 0 aliphatic carbocycles. The van der Waals surface area contributed by atoms with Crippen molar-refractivity contribution in [3.63, 3.8) is 0 Å². The summed E-state index contributed by atoms with van der Waals surface area (Å²) in [5.74, 6) is 0.607. The first-order valence-corrected chi connectivity index (χ1v) is 11.3. The molecular weight excluding hydrogens is 440 g/mol. The molecule has 3 heterocycles. The number of carbonyl (C=O) groups excluding carboxylic acids is 1. The van der Waals surface area contributed by atoms with E-state index in [-0.39, 0.29) is 23.7 Å². The highest BCUT2D eigenvalue weighted by atomic mass is 32.1. The van der Waals surface area contributed by atoms with Crippen LogP contribution in [0.4, 0.5) is 0 Å². The van der Waals surface area contributed by atoms with Crippen LogP contribution >= 0.6 is 11.3 Å². The summed E-state index contributed by atoms with van der Waals surface area (Å²) in [6.07, 6.45) is 0.610. The molecule has 33 heavy (non-hydrogen) atoms. The predicted octanol–water partition coefficient (Wildman–Crippen LogP) is 3.01. The van der Waals surface area contributed by atoms with E-state index in [9.17, 15) is 14.4 Å². The Hall–Kier alpha value is -3.98. The first-order chi connectivity index (χ1) is 16.1. The molecule has 0 N–H and O–H groups in total. The molecule has 0 saturated heterocycles. The molecule has 0 fully saturated rings. The minimum Gasteiger partial charge on any atom is -0.497 e. The van der Waals surface area contributed by atoms with Crippen LogP contribution in [0.1, 0.15) is 15.9 Å². The van der Waals surface area contributed by atoms with Crippen molar-refractivity contribution in [2.75, 3.05) is 7.11 Å². The van der Waals surface area contributed by atoms with E-state index in [1.165, 1.54) is 20.3 Å². The van der Waals surface area contributed by atoms with Crippen LogP contribution in [0.2, 0.25) is 0 Å². The van der Waals surface area contributed by atoms with Gasteiger partial charge in [-0.05, 0) is 47.7 Å². The largest absolute Gasteiger partial charge is 0.497 e. The third kappa shape index (κ3) is 3.76. The lowest BCUT2D eigenvalue weighted by Crippen LogP contribution is -2.27. The molecule has 2 aromatic carbocycles. The lowest BCUT2D eigenvalue weighted by molar-refractivity contribution is 0.0966. The fourth-order valence-electron chi connectivity index (χ4n) is 3.83. The number of aryl methyl sites for hydroxylation is 2. The van der Waals surface area contributed by atoms with Gasteiger partial charge in [-0.3, -0.25) is 14.2 Å². The normalized spacial score (nSPS) is 11.3. The Kier molecular flexibility index (Phi) is 5.39. The molecule has 0 spiro atoms. The minimum atomic E-state index is -0.455. The first-order valence-electron chi connectivity index (χ1n) is 10.4. The van der Waals surface area contributed by atoms with Crippen molar-refractivity contribution in [3.8, 4) is 5.75 Å². The number of ether oxygens (including phenoxy) is 1. The van der Waals surface area contributed by atoms with Gasteiger partial charge in [0.2, 0.25) is 5.78 Å². The van der Waals surface area contributed by atoms with E-state index >= 15 is 0 Å². The van der Waals surface area contributed by atoms with Crippen molar-refractivity contribution < 1.29 is 9.53 Å². The number of rotatable bonds is 7. The number of fused-ring (bicyclic) bond motifs is 3. The van der Waals surface area contributed by atoms with E-state index in [4.69, 9.17) is 4.74 Å². The summed E-state index contributed by atoms with van der Waals surface area (Å²) in [5.41, 5.74) is 1.38. The second-order valence-electron chi connectivity index (χ2n) is 7.55. The van der Waals surface area contributed by atoms with E-state index < -0.39 is 5.69 Å². The van der Waals surface area contributed by atoms with Gasteiger partial charge in [0.15, 0.2) is 5.78 Å². The number of Topliss-reactive ketones (excluding diaryl/α,β-unsaturated/α-hetero) is 1. The van der Waals surface area contributed by atoms with Gasteiger partial charge in [-0.1, -0.05) is 30.3 Å². The molecule has 5 rings (SSSR count). The van der Waals surface area contributed by atoms with E-state index in [0.29, 0.717) is 34.5 Å². The molecular formula is C24H20N4O4S. The Bertz CT molecular complexity index is 1580. The summed E-state index contributed by atoms with van der Waals surface area (Å²) >= 11 is 1.29. The van der Waals surface area contributed by atoms with Crippen molar-refractivity contribution in [1.29, 1.82) is 0 Å². The summed E-state index contributed by atoms with van der Waals surface area (Å²) in [4.78, 5) is 39.2. The Morgan fingerprint density at radius 3 is 2.52 bits per heavy atom. The maximum atomic E-state index is 13.2. The van der Waals surface area contributed by atoms with Gasteiger partial charge in [0.25, 0.3) is 5.56 Å². The molecule has 8 nitrogen and oxygen atoms in total. The second-order valence-corrected chi connectivity index (χ2v) is 8.47. The zero-order chi connectivity index (χ0) is 22.9. The number of ketones is 1. The monoisotopic (exact) mass is 460 g/mol.